The molecule has 0 saturated heterocycles. The van der Waals surface area contributed by atoms with Gasteiger partial charge >= 0.3 is 6.18 Å². The molecule has 7 heteroatoms. The van der Waals surface area contributed by atoms with E-state index in [1.54, 1.807) is 18.6 Å². The second-order valence-electron chi connectivity index (χ2n) is 8.93. The first-order valence-corrected chi connectivity index (χ1v) is 11.4. The van der Waals surface area contributed by atoms with Crippen LogP contribution in [-0.4, -0.2) is 15.5 Å². The Kier molecular flexibility index (Phi) is 5.93. The van der Waals surface area contributed by atoms with Crippen LogP contribution in [-0.2, 0) is 29.5 Å². The highest BCUT2D eigenvalue weighted by Crippen LogP contribution is 2.49. The van der Waals surface area contributed by atoms with Crippen molar-refractivity contribution in [1.29, 1.82) is 0 Å². The molecular formula is C28H24F3N3O. The zero-order valence-electron chi connectivity index (χ0n) is 18.9. The lowest BCUT2D eigenvalue weighted by molar-refractivity contribution is -0.137. The molecule has 1 aromatic heterocycles. The number of carbonyl (C=O) groups excluding carboxylic acids is 1. The van der Waals surface area contributed by atoms with Crippen molar-refractivity contribution in [3.05, 3.63) is 114 Å². The number of halogens is 3. The van der Waals surface area contributed by atoms with Gasteiger partial charge in [0.05, 0.1) is 17.3 Å². The molecule has 0 atom stereocenters. The van der Waals surface area contributed by atoms with E-state index in [9.17, 15) is 18.0 Å². The summed E-state index contributed by atoms with van der Waals surface area (Å²) >= 11 is 0. The minimum Gasteiger partial charge on any atom is -0.351 e. The molecule has 1 aliphatic rings. The Hall–Kier alpha value is -3.87. The number of carbonyl (C=O) groups is 1. The van der Waals surface area contributed by atoms with Crippen LogP contribution in [0.15, 0.2) is 91.5 Å². The lowest BCUT2D eigenvalue weighted by Gasteiger charge is -2.18. The Morgan fingerprint density at radius 1 is 1.00 bits per heavy atom. The van der Waals surface area contributed by atoms with E-state index >= 15 is 0 Å². The summed E-state index contributed by atoms with van der Waals surface area (Å²) < 4.78 is 41.5. The minimum absolute atomic E-state index is 0.234. The first-order chi connectivity index (χ1) is 16.8. The number of hydrogen-bond acceptors (Lipinski definition) is 2. The standard InChI is InChI=1S/C28H24F3N3O/c29-28(30,31)24-6-3-5-23(16-24)27(12-13-27)26(35)33-17-22-4-1-2-7-25(22)21-10-8-20(9-11-21)18-34-15-14-32-19-34/h1-11,14-16,19H,12-13,17-18H2,(H,33,35). The lowest BCUT2D eigenvalue weighted by Crippen LogP contribution is -2.34. The molecule has 1 N–H and O–H groups in total. The molecular weight excluding hydrogens is 451 g/mol. The van der Waals surface area contributed by atoms with Crippen molar-refractivity contribution in [1.82, 2.24) is 14.9 Å². The van der Waals surface area contributed by atoms with Gasteiger partial charge in [-0.3, -0.25) is 4.79 Å². The fourth-order valence-corrected chi connectivity index (χ4v) is 4.45. The van der Waals surface area contributed by atoms with Gasteiger partial charge in [-0.15, -0.1) is 0 Å². The Morgan fingerprint density at radius 2 is 1.77 bits per heavy atom. The number of imidazole rings is 1. The number of hydrogen-bond donors (Lipinski definition) is 1. The lowest BCUT2D eigenvalue weighted by atomic mass is 9.93. The molecule has 1 heterocycles. The minimum atomic E-state index is -4.43. The summed E-state index contributed by atoms with van der Waals surface area (Å²) in [6, 6.07) is 21.2. The summed E-state index contributed by atoms with van der Waals surface area (Å²) in [5, 5.41) is 2.98. The zero-order valence-corrected chi connectivity index (χ0v) is 18.9. The smallest absolute Gasteiger partial charge is 0.351 e. The average Bonchev–Trinajstić information content (AvgIpc) is 3.53. The Morgan fingerprint density at radius 3 is 2.46 bits per heavy atom. The van der Waals surface area contributed by atoms with E-state index in [-0.39, 0.29) is 5.91 Å². The maximum absolute atomic E-state index is 13.2. The number of amides is 1. The van der Waals surface area contributed by atoms with Gasteiger partial charge in [-0.2, -0.15) is 13.2 Å². The van der Waals surface area contributed by atoms with Crippen LogP contribution in [0, 0.1) is 0 Å². The molecule has 4 nitrogen and oxygen atoms in total. The maximum Gasteiger partial charge on any atom is 0.416 e. The molecule has 1 aliphatic carbocycles. The quantitative estimate of drug-likeness (QED) is 0.358. The SMILES string of the molecule is O=C(NCc1ccccc1-c1ccc(Cn2ccnc2)cc1)C1(c2cccc(C(F)(F)F)c2)CC1. The van der Waals surface area contributed by atoms with Crippen molar-refractivity contribution in [3.63, 3.8) is 0 Å². The predicted molar refractivity (Wildman–Crippen MR) is 127 cm³/mol. The molecule has 1 fully saturated rings. The van der Waals surface area contributed by atoms with Gasteiger partial charge in [0.15, 0.2) is 0 Å². The molecule has 35 heavy (non-hydrogen) atoms. The summed E-state index contributed by atoms with van der Waals surface area (Å²) in [4.78, 5) is 17.2. The van der Waals surface area contributed by atoms with Crippen LogP contribution in [0.5, 0.6) is 0 Å². The van der Waals surface area contributed by atoms with E-state index in [1.165, 1.54) is 6.07 Å². The van der Waals surface area contributed by atoms with Crippen molar-refractivity contribution in [2.75, 3.05) is 0 Å². The topological polar surface area (TPSA) is 46.9 Å². The van der Waals surface area contributed by atoms with Crippen LogP contribution in [0.25, 0.3) is 11.1 Å². The molecule has 0 radical (unpaired) electrons. The molecule has 0 spiro atoms. The van der Waals surface area contributed by atoms with Crippen molar-refractivity contribution in [2.24, 2.45) is 0 Å². The average molecular weight is 476 g/mol. The van der Waals surface area contributed by atoms with E-state index in [1.807, 2.05) is 35.0 Å². The fourth-order valence-electron chi connectivity index (χ4n) is 4.45. The van der Waals surface area contributed by atoms with E-state index in [0.717, 1.165) is 40.9 Å². The highest BCUT2D eigenvalue weighted by molar-refractivity contribution is 5.91. The largest absolute Gasteiger partial charge is 0.416 e. The number of aromatic nitrogens is 2. The Bertz CT molecular complexity index is 1320. The first kappa shape index (κ1) is 22.9. The van der Waals surface area contributed by atoms with Crippen LogP contribution < -0.4 is 5.32 Å². The molecule has 1 saturated carbocycles. The molecule has 3 aromatic carbocycles. The molecule has 0 unspecified atom stereocenters. The normalized spacial score (nSPS) is 14.5. The Labute approximate surface area is 201 Å². The number of alkyl halides is 3. The van der Waals surface area contributed by atoms with Gasteiger partial charge in [-0.25, -0.2) is 4.98 Å². The van der Waals surface area contributed by atoms with Gasteiger partial charge in [-0.05, 0) is 46.7 Å². The van der Waals surface area contributed by atoms with Crippen LogP contribution >= 0.6 is 0 Å². The summed E-state index contributed by atoms with van der Waals surface area (Å²) in [5.74, 6) is -0.234. The van der Waals surface area contributed by atoms with E-state index in [2.05, 4.69) is 34.6 Å². The van der Waals surface area contributed by atoms with Gasteiger partial charge in [0.25, 0.3) is 0 Å². The number of nitrogens with zero attached hydrogens (tertiary/aromatic N) is 2. The van der Waals surface area contributed by atoms with Crippen LogP contribution in [0.4, 0.5) is 13.2 Å². The van der Waals surface area contributed by atoms with E-state index < -0.39 is 17.2 Å². The summed E-state index contributed by atoms with van der Waals surface area (Å²) in [7, 11) is 0. The van der Waals surface area contributed by atoms with Gasteiger partial charge in [0, 0.05) is 25.5 Å². The van der Waals surface area contributed by atoms with Gasteiger partial charge < -0.3 is 9.88 Å². The molecule has 4 aromatic rings. The highest BCUT2D eigenvalue weighted by Gasteiger charge is 2.51. The maximum atomic E-state index is 13.2. The zero-order chi connectivity index (χ0) is 24.5. The third-order valence-electron chi connectivity index (χ3n) is 6.57. The summed E-state index contributed by atoms with van der Waals surface area (Å²) in [6.45, 7) is 1.03. The van der Waals surface area contributed by atoms with Crippen molar-refractivity contribution in [3.8, 4) is 11.1 Å². The first-order valence-electron chi connectivity index (χ1n) is 11.4. The van der Waals surface area contributed by atoms with Crippen LogP contribution in [0.3, 0.4) is 0 Å². The number of nitrogens with one attached hydrogen (secondary N) is 1. The molecule has 0 bridgehead atoms. The van der Waals surface area contributed by atoms with Gasteiger partial charge in [0.1, 0.15) is 0 Å². The fraction of sp³-hybridized carbons (Fsp3) is 0.214. The van der Waals surface area contributed by atoms with E-state index in [0.29, 0.717) is 24.9 Å². The van der Waals surface area contributed by atoms with Gasteiger partial charge in [-0.1, -0.05) is 66.7 Å². The Balaban J connectivity index is 1.30. The van der Waals surface area contributed by atoms with Crippen LogP contribution in [0.1, 0.15) is 35.1 Å². The molecule has 1 amide bonds. The number of rotatable bonds is 7. The second-order valence-corrected chi connectivity index (χ2v) is 8.93. The third kappa shape index (κ3) is 4.85. The van der Waals surface area contributed by atoms with Crippen LogP contribution in [0.2, 0.25) is 0 Å². The van der Waals surface area contributed by atoms with Gasteiger partial charge in [0.2, 0.25) is 5.91 Å². The second kappa shape index (κ2) is 9.06. The molecule has 0 aliphatic heterocycles. The monoisotopic (exact) mass is 475 g/mol. The van der Waals surface area contributed by atoms with Crippen molar-refractivity contribution in [2.45, 2.75) is 37.5 Å². The van der Waals surface area contributed by atoms with Crippen molar-refractivity contribution >= 4 is 5.91 Å². The molecule has 5 rings (SSSR count). The summed E-state index contributed by atoms with van der Waals surface area (Å²) in [6.07, 6.45) is 2.09. The predicted octanol–water partition coefficient (Wildman–Crippen LogP) is 5.97. The highest BCUT2D eigenvalue weighted by atomic mass is 19.4. The summed E-state index contributed by atoms with van der Waals surface area (Å²) in [5.41, 5.74) is 2.94. The van der Waals surface area contributed by atoms with Crippen molar-refractivity contribution < 1.29 is 18.0 Å². The number of benzene rings is 3. The van der Waals surface area contributed by atoms with E-state index in [4.69, 9.17) is 0 Å². The molecule has 178 valence electrons. The third-order valence-corrected chi connectivity index (χ3v) is 6.57.